The van der Waals surface area contributed by atoms with Crippen LogP contribution in [-0.4, -0.2) is 37.6 Å². The van der Waals surface area contributed by atoms with E-state index in [4.69, 9.17) is 4.74 Å². The van der Waals surface area contributed by atoms with Crippen molar-refractivity contribution in [1.82, 2.24) is 4.98 Å². The van der Waals surface area contributed by atoms with Gasteiger partial charge in [0.05, 0.1) is 23.2 Å². The highest BCUT2D eigenvalue weighted by Crippen LogP contribution is 2.33. The van der Waals surface area contributed by atoms with Crippen LogP contribution in [-0.2, 0) is 10.2 Å². The molecule has 0 spiro atoms. The first-order valence-corrected chi connectivity index (χ1v) is 7.02. The fourth-order valence-electron chi connectivity index (χ4n) is 2.07. The van der Waals surface area contributed by atoms with Crippen molar-refractivity contribution in [3.63, 3.8) is 0 Å². The molecule has 4 nitrogen and oxygen atoms in total. The maximum atomic E-state index is 11.2. The molecule has 0 bridgehead atoms. The lowest BCUT2D eigenvalue weighted by atomic mass is 9.91. The van der Waals surface area contributed by atoms with E-state index in [2.05, 4.69) is 30.7 Å². The molecule has 1 aliphatic heterocycles. The summed E-state index contributed by atoms with van der Waals surface area (Å²) in [4.78, 5) is 18.7. The smallest absolute Gasteiger partial charge is 0.186 e. The number of likely N-dealkylation sites (N-methyl/N-ethyl adjacent to an activating group) is 1. The van der Waals surface area contributed by atoms with Crippen LogP contribution < -0.4 is 4.90 Å². The topological polar surface area (TPSA) is 42.4 Å². The second-order valence-corrected chi connectivity index (χ2v) is 6.71. The first kappa shape index (κ1) is 13.5. The van der Waals surface area contributed by atoms with E-state index in [1.54, 1.807) is 0 Å². The van der Waals surface area contributed by atoms with Crippen LogP contribution in [0.1, 0.15) is 42.6 Å². The molecule has 1 fully saturated rings. The molecule has 0 saturated carbocycles. The summed E-state index contributed by atoms with van der Waals surface area (Å²) < 4.78 is 5.40. The minimum absolute atomic E-state index is 0.0992. The summed E-state index contributed by atoms with van der Waals surface area (Å²) in [5, 5.41) is 0.914. The number of hydrogen-bond acceptors (Lipinski definition) is 5. The number of carbonyl (C=O) groups is 1. The van der Waals surface area contributed by atoms with Crippen molar-refractivity contribution < 1.29 is 9.53 Å². The second kappa shape index (κ2) is 4.97. The Balaban J connectivity index is 2.29. The van der Waals surface area contributed by atoms with Crippen LogP contribution in [0.25, 0.3) is 0 Å². The zero-order chi connectivity index (χ0) is 13.3. The molecule has 0 radical (unpaired) electrons. The summed E-state index contributed by atoms with van der Waals surface area (Å²) in [6.45, 7) is 7.80. The highest BCUT2D eigenvalue weighted by molar-refractivity contribution is 7.17. The molecular formula is C13H20N2O2S. The summed E-state index contributed by atoms with van der Waals surface area (Å²) in [6.07, 6.45) is 1.94. The molecule has 18 heavy (non-hydrogen) atoms. The average molecular weight is 268 g/mol. The maximum Gasteiger partial charge on any atom is 0.186 e. The zero-order valence-corrected chi connectivity index (χ0v) is 12.2. The Morgan fingerprint density at radius 2 is 2.22 bits per heavy atom. The first-order chi connectivity index (χ1) is 8.43. The van der Waals surface area contributed by atoms with E-state index in [9.17, 15) is 4.79 Å². The fourth-order valence-corrected chi connectivity index (χ4v) is 3.20. The quantitative estimate of drug-likeness (QED) is 0.790. The number of aromatic nitrogens is 1. The molecule has 1 saturated heterocycles. The van der Waals surface area contributed by atoms with Gasteiger partial charge in [-0.3, -0.25) is 4.79 Å². The first-order valence-electron chi connectivity index (χ1n) is 6.20. The predicted molar refractivity (Wildman–Crippen MR) is 73.8 cm³/mol. The molecule has 5 heteroatoms. The Morgan fingerprint density at radius 1 is 1.50 bits per heavy atom. The number of aldehydes is 1. The van der Waals surface area contributed by atoms with Crippen molar-refractivity contribution in [1.29, 1.82) is 0 Å². The third-order valence-electron chi connectivity index (χ3n) is 3.21. The lowest BCUT2D eigenvalue weighted by Crippen LogP contribution is -2.31. The number of nitrogens with zero attached hydrogens (tertiary/aromatic N) is 2. The van der Waals surface area contributed by atoms with Gasteiger partial charge in [0.15, 0.2) is 11.4 Å². The molecule has 0 aliphatic carbocycles. The molecule has 2 heterocycles. The van der Waals surface area contributed by atoms with Gasteiger partial charge in [-0.15, -0.1) is 0 Å². The van der Waals surface area contributed by atoms with Gasteiger partial charge in [0.2, 0.25) is 0 Å². The third kappa shape index (κ3) is 2.57. The van der Waals surface area contributed by atoms with Crippen molar-refractivity contribution in [3.05, 3.63) is 10.6 Å². The van der Waals surface area contributed by atoms with Crippen LogP contribution in [0, 0.1) is 0 Å². The summed E-state index contributed by atoms with van der Waals surface area (Å²) in [7, 11) is 2.03. The van der Waals surface area contributed by atoms with Gasteiger partial charge in [0.25, 0.3) is 0 Å². The third-order valence-corrected chi connectivity index (χ3v) is 4.29. The standard InChI is InChI=1S/C13H20N2O2S/c1-13(2,3)11-10(7-16)18-12(14-11)15(4)9-5-6-17-8-9/h7,9H,5-6,8H2,1-4H3. The Bertz CT molecular complexity index is 431. The van der Waals surface area contributed by atoms with Gasteiger partial charge >= 0.3 is 0 Å². The van der Waals surface area contributed by atoms with Crippen molar-refractivity contribution in [3.8, 4) is 0 Å². The molecule has 2 rings (SSSR count). The van der Waals surface area contributed by atoms with E-state index in [0.717, 1.165) is 41.6 Å². The van der Waals surface area contributed by atoms with E-state index in [-0.39, 0.29) is 5.41 Å². The highest BCUT2D eigenvalue weighted by atomic mass is 32.1. The Morgan fingerprint density at radius 3 is 2.67 bits per heavy atom. The molecule has 0 N–H and O–H groups in total. The van der Waals surface area contributed by atoms with Crippen LogP contribution in [0.15, 0.2) is 0 Å². The van der Waals surface area contributed by atoms with E-state index >= 15 is 0 Å². The average Bonchev–Trinajstić information content (AvgIpc) is 2.96. The largest absolute Gasteiger partial charge is 0.379 e. The van der Waals surface area contributed by atoms with Crippen LogP contribution in [0.5, 0.6) is 0 Å². The molecular weight excluding hydrogens is 248 g/mol. The lowest BCUT2D eigenvalue weighted by Gasteiger charge is -2.22. The molecule has 1 atom stereocenters. The normalized spacial score (nSPS) is 20.1. The summed E-state index contributed by atoms with van der Waals surface area (Å²) in [6, 6.07) is 0.378. The minimum Gasteiger partial charge on any atom is -0.379 e. The van der Waals surface area contributed by atoms with Crippen LogP contribution in [0.3, 0.4) is 0 Å². The number of rotatable bonds is 3. The van der Waals surface area contributed by atoms with Crippen LogP contribution in [0.2, 0.25) is 0 Å². The molecule has 1 aliphatic rings. The Kier molecular flexibility index (Phi) is 3.73. The fraction of sp³-hybridized carbons (Fsp3) is 0.692. The number of thiazole rings is 1. The summed E-state index contributed by atoms with van der Waals surface area (Å²) in [5.41, 5.74) is 0.793. The summed E-state index contributed by atoms with van der Waals surface area (Å²) >= 11 is 1.47. The van der Waals surface area contributed by atoms with Gasteiger partial charge in [-0.05, 0) is 6.42 Å². The van der Waals surface area contributed by atoms with Crippen molar-refractivity contribution in [2.45, 2.75) is 38.6 Å². The maximum absolute atomic E-state index is 11.2. The number of ether oxygens (including phenoxy) is 1. The molecule has 1 unspecified atom stereocenters. The van der Waals surface area contributed by atoms with Crippen LogP contribution >= 0.6 is 11.3 Å². The second-order valence-electron chi connectivity index (χ2n) is 5.71. The molecule has 0 amide bonds. The predicted octanol–water partition coefficient (Wildman–Crippen LogP) is 2.48. The van der Waals surface area contributed by atoms with Gasteiger partial charge in [-0.1, -0.05) is 32.1 Å². The van der Waals surface area contributed by atoms with Gasteiger partial charge in [0, 0.05) is 19.1 Å². The van der Waals surface area contributed by atoms with E-state index in [1.807, 2.05) is 7.05 Å². The molecule has 1 aromatic rings. The van der Waals surface area contributed by atoms with Crippen molar-refractivity contribution in [2.75, 3.05) is 25.2 Å². The van der Waals surface area contributed by atoms with E-state index < -0.39 is 0 Å². The number of hydrogen-bond donors (Lipinski definition) is 0. The van der Waals surface area contributed by atoms with Crippen molar-refractivity contribution >= 4 is 22.8 Å². The van der Waals surface area contributed by atoms with Crippen molar-refractivity contribution in [2.24, 2.45) is 0 Å². The molecule has 1 aromatic heterocycles. The summed E-state index contributed by atoms with van der Waals surface area (Å²) in [5.74, 6) is 0. The van der Waals surface area contributed by atoms with Gasteiger partial charge in [-0.25, -0.2) is 4.98 Å². The molecule has 0 aromatic carbocycles. The lowest BCUT2D eigenvalue weighted by molar-refractivity contribution is 0.112. The minimum atomic E-state index is -0.0992. The Labute approximate surface area is 112 Å². The Hall–Kier alpha value is -0.940. The number of carbonyl (C=O) groups excluding carboxylic acids is 1. The van der Waals surface area contributed by atoms with Gasteiger partial charge in [0.1, 0.15) is 0 Å². The van der Waals surface area contributed by atoms with Gasteiger partial charge < -0.3 is 9.64 Å². The SMILES string of the molecule is CN(c1nc(C(C)(C)C)c(C=O)s1)C1CCOC1. The van der Waals surface area contributed by atoms with E-state index in [0.29, 0.717) is 6.04 Å². The van der Waals surface area contributed by atoms with Crippen LogP contribution in [0.4, 0.5) is 5.13 Å². The monoisotopic (exact) mass is 268 g/mol. The highest BCUT2D eigenvalue weighted by Gasteiger charge is 2.27. The van der Waals surface area contributed by atoms with Gasteiger partial charge in [-0.2, -0.15) is 0 Å². The van der Waals surface area contributed by atoms with E-state index in [1.165, 1.54) is 11.3 Å². The molecule has 100 valence electrons. The number of anilines is 1. The zero-order valence-electron chi connectivity index (χ0n) is 11.4.